The number of nitrogens with zero attached hydrogens (tertiary/aromatic N) is 1. The summed E-state index contributed by atoms with van der Waals surface area (Å²) in [4.78, 5) is 15.1. The smallest absolute Gasteiger partial charge is 0.315 e. The van der Waals surface area contributed by atoms with E-state index < -0.39 is 11.5 Å². The van der Waals surface area contributed by atoms with E-state index in [1.165, 1.54) is 11.1 Å². The number of aliphatic hydroxyl groups excluding tert-OH is 1. The summed E-state index contributed by atoms with van der Waals surface area (Å²) in [7, 11) is 0. The van der Waals surface area contributed by atoms with E-state index in [4.69, 9.17) is 9.47 Å². The Morgan fingerprint density at radius 3 is 2.02 bits per heavy atom. The molecule has 0 aliphatic carbocycles. The zero-order valence-corrected chi connectivity index (χ0v) is 25.7. The van der Waals surface area contributed by atoms with E-state index in [1.807, 2.05) is 50.2 Å². The van der Waals surface area contributed by atoms with Crippen molar-refractivity contribution in [2.24, 2.45) is 0 Å². The minimum absolute atomic E-state index is 0.0486. The van der Waals surface area contributed by atoms with Crippen molar-refractivity contribution in [3.05, 3.63) is 107 Å². The molecule has 1 aliphatic heterocycles. The summed E-state index contributed by atoms with van der Waals surface area (Å²) in [5.74, 6) is -0.197. The van der Waals surface area contributed by atoms with Crippen molar-refractivity contribution in [2.45, 2.75) is 89.4 Å². The normalized spacial score (nSPS) is 15.5. The maximum absolute atomic E-state index is 12.7. The Balaban J connectivity index is 1.20. The third kappa shape index (κ3) is 9.00. The number of rotatable bonds is 15. The van der Waals surface area contributed by atoms with E-state index in [0.717, 1.165) is 69.3 Å². The number of carbonyl (C=O) groups excluding carboxylic acids is 1. The zero-order valence-electron chi connectivity index (χ0n) is 25.7. The lowest BCUT2D eigenvalue weighted by Gasteiger charge is -2.34. The van der Waals surface area contributed by atoms with Gasteiger partial charge in [-0.15, -0.1) is 0 Å². The van der Waals surface area contributed by atoms with Crippen LogP contribution in [0, 0.1) is 0 Å². The lowest BCUT2D eigenvalue weighted by molar-refractivity contribution is -0.149. The van der Waals surface area contributed by atoms with Gasteiger partial charge in [-0.1, -0.05) is 105 Å². The van der Waals surface area contributed by atoms with Crippen LogP contribution >= 0.6 is 0 Å². The van der Waals surface area contributed by atoms with Gasteiger partial charge >= 0.3 is 5.97 Å². The zero-order chi connectivity index (χ0) is 29.8. The number of likely N-dealkylation sites (tertiary alicyclic amines) is 1. The van der Waals surface area contributed by atoms with Gasteiger partial charge in [0.2, 0.25) is 0 Å². The molecule has 1 atom stereocenters. The van der Waals surface area contributed by atoms with Gasteiger partial charge in [0.25, 0.3) is 0 Å². The fourth-order valence-corrected chi connectivity index (χ4v) is 5.68. The third-order valence-electron chi connectivity index (χ3n) is 8.53. The predicted octanol–water partition coefficient (Wildman–Crippen LogP) is 7.78. The molecule has 4 rings (SSSR count). The highest BCUT2D eigenvalue weighted by atomic mass is 16.5. The second-order valence-corrected chi connectivity index (χ2v) is 12.1. The largest absolute Gasteiger partial charge is 0.465 e. The summed E-state index contributed by atoms with van der Waals surface area (Å²) < 4.78 is 12.2. The molecule has 0 spiro atoms. The molecule has 1 saturated heterocycles. The second kappa shape index (κ2) is 16.0. The summed E-state index contributed by atoms with van der Waals surface area (Å²) in [6.45, 7) is 9.40. The first-order chi connectivity index (χ1) is 20.4. The number of esters is 1. The number of ether oxygens (including phenoxy) is 2. The molecule has 5 nitrogen and oxygen atoms in total. The number of hydrogen-bond acceptors (Lipinski definition) is 5. The monoisotopic (exact) mass is 571 g/mol. The molecule has 1 fully saturated rings. The maximum Gasteiger partial charge on any atom is 0.315 e. The van der Waals surface area contributed by atoms with E-state index in [2.05, 4.69) is 60.4 Å². The lowest BCUT2D eigenvalue weighted by Crippen LogP contribution is -2.38. The Morgan fingerprint density at radius 1 is 0.857 bits per heavy atom. The molecule has 0 bridgehead atoms. The van der Waals surface area contributed by atoms with Crippen LogP contribution in [0.5, 0.6) is 0 Å². The number of piperidine rings is 1. The molecule has 0 amide bonds. The number of carbonyl (C=O) groups is 1. The van der Waals surface area contributed by atoms with Crippen LogP contribution in [0.2, 0.25) is 0 Å². The molecule has 1 heterocycles. The van der Waals surface area contributed by atoms with Gasteiger partial charge in [-0.05, 0) is 74.8 Å². The van der Waals surface area contributed by atoms with Crippen LogP contribution in [0.15, 0.2) is 84.9 Å². The van der Waals surface area contributed by atoms with Crippen LogP contribution in [0.3, 0.4) is 0 Å². The molecule has 42 heavy (non-hydrogen) atoms. The van der Waals surface area contributed by atoms with Gasteiger partial charge in [0.1, 0.15) is 6.10 Å². The molecule has 3 aromatic rings. The van der Waals surface area contributed by atoms with E-state index in [-0.39, 0.29) is 18.2 Å². The van der Waals surface area contributed by atoms with Crippen molar-refractivity contribution in [2.75, 3.05) is 26.2 Å². The summed E-state index contributed by atoms with van der Waals surface area (Å²) in [6, 6.07) is 28.8. The van der Waals surface area contributed by atoms with Gasteiger partial charge in [0, 0.05) is 13.1 Å². The summed E-state index contributed by atoms with van der Waals surface area (Å²) >= 11 is 0. The first-order valence-electron chi connectivity index (χ1n) is 15.8. The fourth-order valence-electron chi connectivity index (χ4n) is 5.68. The van der Waals surface area contributed by atoms with Crippen LogP contribution in [-0.2, 0) is 19.7 Å². The maximum atomic E-state index is 12.7. The van der Waals surface area contributed by atoms with Gasteiger partial charge in [0.15, 0.2) is 0 Å². The molecular formula is C37H49NO4. The Morgan fingerprint density at radius 2 is 1.45 bits per heavy atom. The third-order valence-corrected chi connectivity index (χ3v) is 8.53. The Kier molecular flexibility index (Phi) is 12.2. The first-order valence-corrected chi connectivity index (χ1v) is 15.8. The Bertz CT molecular complexity index is 1150. The molecular weight excluding hydrogens is 522 g/mol. The highest BCUT2D eigenvalue weighted by Gasteiger charge is 2.31. The Labute approximate surface area is 252 Å². The quantitative estimate of drug-likeness (QED) is 0.149. The van der Waals surface area contributed by atoms with Gasteiger partial charge in [0.05, 0.1) is 24.2 Å². The minimum atomic E-state index is -0.715. The van der Waals surface area contributed by atoms with Crippen LogP contribution in [0.4, 0.5) is 0 Å². The second-order valence-electron chi connectivity index (χ2n) is 12.1. The van der Waals surface area contributed by atoms with E-state index in [9.17, 15) is 9.90 Å². The van der Waals surface area contributed by atoms with Gasteiger partial charge in [-0.2, -0.15) is 0 Å². The molecule has 1 unspecified atom stereocenters. The topological polar surface area (TPSA) is 59.0 Å². The fraction of sp³-hybridized carbons (Fsp3) is 0.486. The van der Waals surface area contributed by atoms with E-state index >= 15 is 0 Å². The lowest BCUT2D eigenvalue weighted by atomic mass is 9.84. The van der Waals surface area contributed by atoms with Gasteiger partial charge in [-0.3, -0.25) is 4.79 Å². The summed E-state index contributed by atoms with van der Waals surface area (Å²) in [5.41, 5.74) is 3.48. The van der Waals surface area contributed by atoms with Crippen molar-refractivity contribution in [1.29, 1.82) is 0 Å². The van der Waals surface area contributed by atoms with Crippen LogP contribution in [0.1, 0.15) is 100 Å². The van der Waals surface area contributed by atoms with Crippen molar-refractivity contribution >= 4 is 5.97 Å². The van der Waals surface area contributed by atoms with Crippen LogP contribution in [0.25, 0.3) is 0 Å². The van der Waals surface area contributed by atoms with Crippen molar-refractivity contribution in [1.82, 2.24) is 4.90 Å². The standard InChI is InChI=1S/C37H49NO4/c1-4-5-12-28-41-36(40)37(2,3)32-21-19-29(20-22-32)34(39)18-13-25-38-26-23-33(24-27-38)42-35(30-14-8-6-9-15-30)31-16-10-7-11-17-31/h6-11,14-17,19-22,33-35,39H,4-5,12-13,18,23-28H2,1-3H3. The first kappa shape index (κ1) is 31.9. The molecule has 0 saturated carbocycles. The van der Waals surface area contributed by atoms with Gasteiger partial charge < -0.3 is 19.5 Å². The number of aliphatic hydroxyl groups is 1. The van der Waals surface area contributed by atoms with Gasteiger partial charge in [-0.25, -0.2) is 0 Å². The highest BCUT2D eigenvalue weighted by molar-refractivity contribution is 5.82. The highest BCUT2D eigenvalue weighted by Crippen LogP contribution is 2.31. The van der Waals surface area contributed by atoms with Crippen molar-refractivity contribution in [3.8, 4) is 0 Å². The average Bonchev–Trinajstić information content (AvgIpc) is 3.03. The summed E-state index contributed by atoms with van der Waals surface area (Å²) in [5, 5.41) is 10.8. The number of hydrogen-bond donors (Lipinski definition) is 1. The molecule has 0 aromatic heterocycles. The van der Waals surface area contributed by atoms with Crippen molar-refractivity contribution < 1.29 is 19.4 Å². The van der Waals surface area contributed by atoms with E-state index in [0.29, 0.717) is 13.0 Å². The predicted molar refractivity (Wildman–Crippen MR) is 169 cm³/mol. The molecule has 0 radical (unpaired) electrons. The van der Waals surface area contributed by atoms with E-state index in [1.54, 1.807) is 0 Å². The van der Waals surface area contributed by atoms with Crippen LogP contribution in [-0.4, -0.2) is 48.3 Å². The SMILES string of the molecule is CCCCCOC(=O)C(C)(C)c1ccc(C(O)CCCN2CCC(OC(c3ccccc3)c3ccccc3)CC2)cc1. The molecule has 1 N–H and O–H groups in total. The number of benzene rings is 3. The summed E-state index contributed by atoms with van der Waals surface area (Å²) in [6.07, 6.45) is 6.40. The molecule has 5 heteroatoms. The van der Waals surface area contributed by atoms with Crippen LogP contribution < -0.4 is 0 Å². The molecule has 1 aliphatic rings. The Hall–Kier alpha value is -2.99. The molecule has 3 aromatic carbocycles. The van der Waals surface area contributed by atoms with Crippen molar-refractivity contribution in [3.63, 3.8) is 0 Å². The minimum Gasteiger partial charge on any atom is -0.465 e. The number of unbranched alkanes of at least 4 members (excludes halogenated alkanes) is 2. The average molecular weight is 572 g/mol. The molecule has 226 valence electrons.